The molecule has 0 saturated heterocycles. The van der Waals surface area contributed by atoms with Crippen LogP contribution in [0.25, 0.3) is 0 Å². The second-order valence-electron chi connectivity index (χ2n) is 5.07. The average molecular weight is 221 g/mol. The van der Waals surface area contributed by atoms with Gasteiger partial charge in [0.1, 0.15) is 11.5 Å². The van der Waals surface area contributed by atoms with Gasteiger partial charge in [0, 0.05) is 19.8 Å². The molecule has 0 aliphatic rings. The fraction of sp³-hybridized carbons (Fsp3) is 0.545. The number of amidine groups is 1. The van der Waals surface area contributed by atoms with Crippen molar-refractivity contribution in [2.45, 2.75) is 20.8 Å². The van der Waals surface area contributed by atoms with Crippen LogP contribution in [0.1, 0.15) is 26.5 Å². The number of nitrogens with zero attached hydrogens (tertiary/aromatic N) is 3. The predicted molar refractivity (Wildman–Crippen MR) is 65.8 cm³/mol. The van der Waals surface area contributed by atoms with Crippen LogP contribution >= 0.6 is 0 Å². The van der Waals surface area contributed by atoms with E-state index in [1.165, 1.54) is 0 Å². The first kappa shape index (κ1) is 12.4. The monoisotopic (exact) mass is 221 g/mol. The summed E-state index contributed by atoms with van der Waals surface area (Å²) in [5, 5.41) is 7.32. The minimum absolute atomic E-state index is 0.0344. The van der Waals surface area contributed by atoms with Crippen molar-refractivity contribution in [2.24, 2.45) is 11.1 Å². The molecule has 0 amide bonds. The first-order chi connectivity index (χ1) is 7.29. The van der Waals surface area contributed by atoms with Crippen molar-refractivity contribution in [3.05, 3.63) is 18.0 Å². The molecule has 0 radical (unpaired) electrons. The molecule has 0 fully saturated rings. The summed E-state index contributed by atoms with van der Waals surface area (Å²) in [6.45, 7) is 7.29. The van der Waals surface area contributed by atoms with Crippen molar-refractivity contribution in [3.63, 3.8) is 0 Å². The molecule has 5 nitrogen and oxygen atoms in total. The summed E-state index contributed by atoms with van der Waals surface area (Å²) in [5.41, 5.74) is 6.02. The number of hydrogen-bond acceptors (Lipinski definition) is 4. The van der Waals surface area contributed by atoms with Gasteiger partial charge in [0.05, 0.1) is 0 Å². The zero-order valence-corrected chi connectivity index (χ0v) is 10.3. The van der Waals surface area contributed by atoms with Gasteiger partial charge in [0.15, 0.2) is 0 Å². The molecule has 0 atom stereocenters. The van der Waals surface area contributed by atoms with Crippen molar-refractivity contribution in [2.75, 3.05) is 18.5 Å². The van der Waals surface area contributed by atoms with E-state index in [0.717, 1.165) is 6.54 Å². The number of nitrogens with one attached hydrogen (secondary N) is 1. The third-order valence-electron chi connectivity index (χ3n) is 1.97. The fourth-order valence-electron chi connectivity index (χ4n) is 1.46. The molecule has 0 bridgehead atoms. The van der Waals surface area contributed by atoms with E-state index >= 15 is 0 Å². The molecule has 0 unspecified atom stereocenters. The largest absolute Gasteiger partial charge is 0.382 e. The van der Waals surface area contributed by atoms with Crippen LogP contribution in [0.3, 0.4) is 0 Å². The Bertz CT molecular complexity index is 380. The van der Waals surface area contributed by atoms with Gasteiger partial charge in [0.25, 0.3) is 0 Å². The fourth-order valence-corrected chi connectivity index (χ4v) is 1.46. The minimum Gasteiger partial charge on any atom is -0.382 e. The van der Waals surface area contributed by atoms with Gasteiger partial charge in [-0.15, -0.1) is 0 Å². The molecule has 0 aliphatic carbocycles. The molecule has 0 spiro atoms. The lowest BCUT2D eigenvalue weighted by Crippen LogP contribution is -2.31. The van der Waals surface area contributed by atoms with Gasteiger partial charge in [-0.1, -0.05) is 20.8 Å². The topological polar surface area (TPSA) is 78.9 Å². The van der Waals surface area contributed by atoms with Crippen LogP contribution in [0.15, 0.2) is 12.3 Å². The number of nitrogens with two attached hydrogens (primary N) is 1. The van der Waals surface area contributed by atoms with Gasteiger partial charge < -0.3 is 10.6 Å². The van der Waals surface area contributed by atoms with Gasteiger partial charge in [0.2, 0.25) is 5.95 Å². The summed E-state index contributed by atoms with van der Waals surface area (Å²) in [6.07, 6.45) is 1.62. The quantitative estimate of drug-likeness (QED) is 0.594. The molecule has 1 heterocycles. The standard InChI is InChI=1S/C11H19N5/c1-11(2,3)7-16(4)10-14-6-5-8(15-10)9(12)13/h5-6H,7H2,1-4H3,(H3,12,13). The number of hydrogen-bond donors (Lipinski definition) is 2. The van der Waals surface area contributed by atoms with E-state index in [4.69, 9.17) is 11.1 Å². The Labute approximate surface area is 96.2 Å². The summed E-state index contributed by atoms with van der Waals surface area (Å²) in [6, 6.07) is 1.64. The van der Waals surface area contributed by atoms with E-state index < -0.39 is 0 Å². The molecule has 3 N–H and O–H groups in total. The summed E-state index contributed by atoms with van der Waals surface area (Å²) < 4.78 is 0. The number of anilines is 1. The summed E-state index contributed by atoms with van der Waals surface area (Å²) in [4.78, 5) is 10.4. The van der Waals surface area contributed by atoms with Crippen molar-refractivity contribution in [1.29, 1.82) is 5.41 Å². The van der Waals surface area contributed by atoms with Crippen molar-refractivity contribution < 1.29 is 0 Å². The number of rotatable bonds is 3. The van der Waals surface area contributed by atoms with E-state index in [9.17, 15) is 0 Å². The van der Waals surface area contributed by atoms with E-state index in [1.807, 2.05) is 11.9 Å². The molecule has 5 heteroatoms. The first-order valence-corrected chi connectivity index (χ1v) is 5.18. The molecular formula is C11H19N5. The minimum atomic E-state index is -0.0344. The Kier molecular flexibility index (Phi) is 3.47. The normalized spacial score (nSPS) is 11.2. The lowest BCUT2D eigenvalue weighted by molar-refractivity contribution is 0.416. The van der Waals surface area contributed by atoms with Crippen LogP contribution < -0.4 is 10.6 Å². The third kappa shape index (κ3) is 3.49. The van der Waals surface area contributed by atoms with Crippen LogP contribution in [-0.4, -0.2) is 29.4 Å². The van der Waals surface area contributed by atoms with Crippen LogP contribution in [0, 0.1) is 10.8 Å². The molecule has 0 saturated carbocycles. The van der Waals surface area contributed by atoms with E-state index in [2.05, 4.69) is 30.7 Å². The molecule has 0 aromatic carbocycles. The highest BCUT2D eigenvalue weighted by molar-refractivity contribution is 5.93. The van der Waals surface area contributed by atoms with Crippen molar-refractivity contribution in [1.82, 2.24) is 9.97 Å². The van der Waals surface area contributed by atoms with Crippen molar-refractivity contribution in [3.8, 4) is 0 Å². The second kappa shape index (κ2) is 4.47. The van der Waals surface area contributed by atoms with Crippen LogP contribution in [-0.2, 0) is 0 Å². The molecule has 88 valence electrons. The molecule has 0 aliphatic heterocycles. The third-order valence-corrected chi connectivity index (χ3v) is 1.97. The van der Waals surface area contributed by atoms with Crippen LogP contribution in [0.5, 0.6) is 0 Å². The van der Waals surface area contributed by atoms with Gasteiger partial charge >= 0.3 is 0 Å². The summed E-state index contributed by atoms with van der Waals surface area (Å²) in [5.74, 6) is 0.565. The van der Waals surface area contributed by atoms with Crippen LogP contribution in [0.4, 0.5) is 5.95 Å². The van der Waals surface area contributed by atoms with Crippen LogP contribution in [0.2, 0.25) is 0 Å². The molecule has 1 rings (SSSR count). The van der Waals surface area contributed by atoms with Crippen molar-refractivity contribution >= 4 is 11.8 Å². The van der Waals surface area contributed by atoms with E-state index in [1.54, 1.807) is 12.3 Å². The van der Waals surface area contributed by atoms with Gasteiger partial charge in [-0.05, 0) is 11.5 Å². The Balaban J connectivity index is 2.87. The Morgan fingerprint density at radius 1 is 1.50 bits per heavy atom. The van der Waals surface area contributed by atoms with Gasteiger partial charge in [-0.3, -0.25) is 5.41 Å². The number of nitrogen functional groups attached to an aromatic ring is 1. The number of aromatic nitrogens is 2. The summed E-state index contributed by atoms with van der Waals surface area (Å²) >= 11 is 0. The predicted octanol–water partition coefficient (Wildman–Crippen LogP) is 1.24. The Hall–Kier alpha value is -1.65. The highest BCUT2D eigenvalue weighted by Crippen LogP contribution is 2.17. The zero-order valence-electron chi connectivity index (χ0n) is 10.3. The lowest BCUT2D eigenvalue weighted by Gasteiger charge is -2.26. The summed E-state index contributed by atoms with van der Waals surface area (Å²) in [7, 11) is 1.94. The Morgan fingerprint density at radius 2 is 2.12 bits per heavy atom. The Morgan fingerprint density at radius 3 is 2.62 bits per heavy atom. The zero-order chi connectivity index (χ0) is 12.3. The highest BCUT2D eigenvalue weighted by Gasteiger charge is 2.15. The maximum atomic E-state index is 7.32. The lowest BCUT2D eigenvalue weighted by atomic mass is 9.96. The smallest absolute Gasteiger partial charge is 0.225 e. The van der Waals surface area contributed by atoms with Gasteiger partial charge in [-0.25, -0.2) is 9.97 Å². The maximum absolute atomic E-state index is 7.32. The highest BCUT2D eigenvalue weighted by atomic mass is 15.2. The maximum Gasteiger partial charge on any atom is 0.225 e. The second-order valence-corrected chi connectivity index (χ2v) is 5.07. The van der Waals surface area contributed by atoms with Gasteiger partial charge in [-0.2, -0.15) is 0 Å². The average Bonchev–Trinajstić information content (AvgIpc) is 2.15. The van der Waals surface area contributed by atoms with E-state index in [0.29, 0.717) is 11.6 Å². The molecule has 16 heavy (non-hydrogen) atoms. The molecule has 1 aromatic rings. The first-order valence-electron chi connectivity index (χ1n) is 5.18. The molecule has 1 aromatic heterocycles. The molecular weight excluding hydrogens is 202 g/mol. The SMILES string of the molecule is CN(CC(C)(C)C)c1nccc(C(=N)N)n1. The van der Waals surface area contributed by atoms with E-state index in [-0.39, 0.29) is 11.3 Å².